The van der Waals surface area contributed by atoms with Gasteiger partial charge in [-0.15, -0.1) is 0 Å². The number of nitrogens with one attached hydrogen (secondary N) is 1. The first-order valence-electron chi connectivity index (χ1n) is 8.13. The monoisotopic (exact) mass is 326 g/mol. The molecule has 0 radical (unpaired) electrons. The number of rotatable bonds is 5. The summed E-state index contributed by atoms with van der Waals surface area (Å²) in [5.41, 5.74) is 2.21. The van der Waals surface area contributed by atoms with E-state index in [2.05, 4.69) is 22.4 Å². The van der Waals surface area contributed by atoms with E-state index in [1.54, 1.807) is 11.8 Å². The van der Waals surface area contributed by atoms with Gasteiger partial charge in [0, 0.05) is 25.6 Å². The summed E-state index contributed by atoms with van der Waals surface area (Å²) in [6.45, 7) is 3.63. The fraction of sp³-hybridized carbons (Fsp3) is 0.389. The van der Waals surface area contributed by atoms with Crippen molar-refractivity contribution >= 4 is 12.0 Å². The van der Waals surface area contributed by atoms with Crippen molar-refractivity contribution in [1.82, 2.24) is 20.4 Å². The summed E-state index contributed by atoms with van der Waals surface area (Å²) in [5, 5.41) is 7.20. The van der Waals surface area contributed by atoms with Gasteiger partial charge in [0.2, 0.25) is 11.8 Å². The van der Waals surface area contributed by atoms with Crippen LogP contribution in [0.5, 0.6) is 0 Å². The van der Waals surface area contributed by atoms with Crippen molar-refractivity contribution in [3.63, 3.8) is 0 Å². The van der Waals surface area contributed by atoms with Crippen molar-refractivity contribution in [3.8, 4) is 0 Å². The minimum absolute atomic E-state index is 0.00528. The zero-order chi connectivity index (χ0) is 17.1. The standard InChI is InChI=1S/C18H22N4O2/c1-12(19-3)10-17-20-18(24-21-17)11-16-15-7-5-4-6-14(15)8-9-22(16)13(2)23/h4-9,12,16,19H,10-11H2,1-3H3. The molecule has 0 saturated carbocycles. The number of amides is 1. The van der Waals surface area contributed by atoms with Gasteiger partial charge in [0.25, 0.3) is 0 Å². The van der Waals surface area contributed by atoms with E-state index in [1.807, 2.05) is 43.6 Å². The van der Waals surface area contributed by atoms with E-state index in [9.17, 15) is 4.79 Å². The van der Waals surface area contributed by atoms with Crippen LogP contribution in [0.1, 0.15) is 42.7 Å². The highest BCUT2D eigenvalue weighted by Crippen LogP contribution is 2.32. The average molecular weight is 326 g/mol. The zero-order valence-corrected chi connectivity index (χ0v) is 14.2. The van der Waals surface area contributed by atoms with Gasteiger partial charge in [-0.3, -0.25) is 4.79 Å². The number of likely N-dealkylation sites (N-methyl/N-ethyl adjacent to an activating group) is 1. The number of aromatic nitrogens is 2. The van der Waals surface area contributed by atoms with Crippen LogP contribution in [0.15, 0.2) is 35.0 Å². The lowest BCUT2D eigenvalue weighted by Gasteiger charge is -2.31. The Morgan fingerprint density at radius 2 is 2.21 bits per heavy atom. The second kappa shape index (κ2) is 6.97. The Bertz CT molecular complexity index is 753. The molecule has 6 heteroatoms. The molecular weight excluding hydrogens is 304 g/mol. The van der Waals surface area contributed by atoms with Crippen LogP contribution in [-0.4, -0.2) is 34.0 Å². The first kappa shape index (κ1) is 16.4. The summed E-state index contributed by atoms with van der Waals surface area (Å²) in [4.78, 5) is 18.2. The molecule has 3 rings (SSSR count). The molecule has 24 heavy (non-hydrogen) atoms. The maximum atomic E-state index is 12.0. The lowest BCUT2D eigenvalue weighted by atomic mass is 9.94. The van der Waals surface area contributed by atoms with Crippen LogP contribution in [0.4, 0.5) is 0 Å². The highest BCUT2D eigenvalue weighted by atomic mass is 16.5. The van der Waals surface area contributed by atoms with E-state index in [1.165, 1.54) is 0 Å². The minimum atomic E-state index is -0.126. The highest BCUT2D eigenvalue weighted by Gasteiger charge is 2.28. The van der Waals surface area contributed by atoms with E-state index in [4.69, 9.17) is 4.52 Å². The Labute approximate surface area is 141 Å². The van der Waals surface area contributed by atoms with Crippen LogP contribution in [-0.2, 0) is 17.6 Å². The van der Waals surface area contributed by atoms with Crippen LogP contribution < -0.4 is 5.32 Å². The topological polar surface area (TPSA) is 71.3 Å². The second-order valence-electron chi connectivity index (χ2n) is 6.09. The number of fused-ring (bicyclic) bond motifs is 1. The van der Waals surface area contributed by atoms with Crippen molar-refractivity contribution < 1.29 is 9.32 Å². The quantitative estimate of drug-likeness (QED) is 0.913. The molecule has 0 spiro atoms. The average Bonchev–Trinajstić information content (AvgIpc) is 3.01. The molecule has 0 aliphatic carbocycles. The Kier molecular flexibility index (Phi) is 4.76. The molecule has 1 aliphatic rings. The maximum Gasteiger partial charge on any atom is 0.229 e. The van der Waals surface area contributed by atoms with Gasteiger partial charge in [-0.25, -0.2) is 0 Å². The molecule has 6 nitrogen and oxygen atoms in total. The van der Waals surface area contributed by atoms with E-state index < -0.39 is 0 Å². The SMILES string of the molecule is CNC(C)Cc1noc(CC2c3ccccc3C=CN2C(C)=O)n1. The molecule has 0 saturated heterocycles. The molecule has 2 atom stereocenters. The molecule has 1 aromatic carbocycles. The number of nitrogens with zero attached hydrogens (tertiary/aromatic N) is 3. The highest BCUT2D eigenvalue weighted by molar-refractivity contribution is 5.77. The predicted molar refractivity (Wildman–Crippen MR) is 91.0 cm³/mol. The Morgan fingerprint density at radius 1 is 1.42 bits per heavy atom. The predicted octanol–water partition coefficient (Wildman–Crippen LogP) is 2.34. The normalized spacial score (nSPS) is 17.6. The summed E-state index contributed by atoms with van der Waals surface area (Å²) in [5.74, 6) is 1.23. The van der Waals surface area contributed by atoms with Gasteiger partial charge in [0.15, 0.2) is 5.82 Å². The Morgan fingerprint density at radius 3 is 2.96 bits per heavy atom. The number of carbonyl (C=O) groups is 1. The van der Waals surface area contributed by atoms with Gasteiger partial charge in [-0.2, -0.15) is 4.98 Å². The lowest BCUT2D eigenvalue weighted by molar-refractivity contribution is -0.128. The van der Waals surface area contributed by atoms with Crippen molar-refractivity contribution in [2.24, 2.45) is 0 Å². The van der Waals surface area contributed by atoms with E-state index in [0.29, 0.717) is 24.6 Å². The van der Waals surface area contributed by atoms with Gasteiger partial charge in [0.05, 0.1) is 12.5 Å². The summed E-state index contributed by atoms with van der Waals surface area (Å²) in [7, 11) is 1.90. The van der Waals surface area contributed by atoms with Crippen molar-refractivity contribution in [1.29, 1.82) is 0 Å². The largest absolute Gasteiger partial charge is 0.339 e. The molecule has 2 unspecified atom stereocenters. The molecule has 2 aromatic rings. The Hall–Kier alpha value is -2.47. The molecule has 2 heterocycles. The minimum Gasteiger partial charge on any atom is -0.339 e. The smallest absolute Gasteiger partial charge is 0.229 e. The number of carbonyl (C=O) groups excluding carboxylic acids is 1. The van der Waals surface area contributed by atoms with Gasteiger partial charge in [-0.05, 0) is 31.2 Å². The van der Waals surface area contributed by atoms with E-state index >= 15 is 0 Å². The van der Waals surface area contributed by atoms with E-state index in [-0.39, 0.29) is 18.0 Å². The third kappa shape index (κ3) is 3.38. The zero-order valence-electron chi connectivity index (χ0n) is 14.2. The molecule has 1 aromatic heterocycles. The second-order valence-corrected chi connectivity index (χ2v) is 6.09. The van der Waals surface area contributed by atoms with Crippen LogP contribution in [0.2, 0.25) is 0 Å². The lowest BCUT2D eigenvalue weighted by Crippen LogP contribution is -2.32. The summed E-state index contributed by atoms with van der Waals surface area (Å²) in [6.07, 6.45) is 5.00. The van der Waals surface area contributed by atoms with Crippen molar-refractivity contribution in [2.75, 3.05) is 7.05 Å². The van der Waals surface area contributed by atoms with Crippen LogP contribution in [0, 0.1) is 0 Å². The third-order valence-electron chi connectivity index (χ3n) is 4.33. The fourth-order valence-electron chi connectivity index (χ4n) is 2.91. The molecule has 126 valence electrons. The molecule has 1 N–H and O–H groups in total. The number of hydrogen-bond donors (Lipinski definition) is 1. The van der Waals surface area contributed by atoms with Crippen molar-refractivity contribution in [3.05, 3.63) is 53.3 Å². The summed E-state index contributed by atoms with van der Waals surface area (Å²) in [6, 6.07) is 8.22. The molecule has 1 aliphatic heterocycles. The first-order chi connectivity index (χ1) is 11.6. The van der Waals surface area contributed by atoms with Crippen molar-refractivity contribution in [2.45, 2.75) is 38.8 Å². The maximum absolute atomic E-state index is 12.0. The van der Waals surface area contributed by atoms with Crippen LogP contribution >= 0.6 is 0 Å². The molecule has 1 amide bonds. The van der Waals surface area contributed by atoms with Gasteiger partial charge < -0.3 is 14.7 Å². The first-order valence-corrected chi connectivity index (χ1v) is 8.13. The van der Waals surface area contributed by atoms with Crippen LogP contribution in [0.3, 0.4) is 0 Å². The molecule has 0 bridgehead atoms. The van der Waals surface area contributed by atoms with E-state index in [0.717, 1.165) is 11.1 Å². The van der Waals surface area contributed by atoms with Gasteiger partial charge in [-0.1, -0.05) is 29.4 Å². The van der Waals surface area contributed by atoms with Gasteiger partial charge in [0.1, 0.15) is 0 Å². The third-order valence-corrected chi connectivity index (χ3v) is 4.33. The summed E-state index contributed by atoms with van der Waals surface area (Å²) >= 11 is 0. The molecule has 0 fully saturated rings. The van der Waals surface area contributed by atoms with Gasteiger partial charge >= 0.3 is 0 Å². The summed E-state index contributed by atoms with van der Waals surface area (Å²) < 4.78 is 5.40. The fourth-order valence-corrected chi connectivity index (χ4v) is 2.91. The number of benzene rings is 1. The Balaban J connectivity index is 1.84. The number of hydrogen-bond acceptors (Lipinski definition) is 5. The van der Waals surface area contributed by atoms with Crippen LogP contribution in [0.25, 0.3) is 6.08 Å². The molecular formula is C18H22N4O2.